The van der Waals surface area contributed by atoms with Gasteiger partial charge in [-0.05, 0) is 46.1 Å². The largest absolute Gasteiger partial charge is 0.312 e. The van der Waals surface area contributed by atoms with Gasteiger partial charge in [-0.15, -0.1) is 11.3 Å². The van der Waals surface area contributed by atoms with Crippen molar-refractivity contribution < 1.29 is 12.8 Å². The van der Waals surface area contributed by atoms with Gasteiger partial charge in [0.2, 0.25) is 0 Å². The van der Waals surface area contributed by atoms with Crippen LogP contribution in [0.25, 0.3) is 0 Å². The van der Waals surface area contributed by atoms with Gasteiger partial charge in [0.1, 0.15) is 10.7 Å². The number of hydrogen-bond acceptors (Lipinski definition) is 4. The van der Waals surface area contributed by atoms with Crippen LogP contribution in [0.5, 0.6) is 0 Å². The Morgan fingerprint density at radius 1 is 1.33 bits per heavy atom. The number of anilines is 1. The maximum Gasteiger partial charge on any atom is 0.263 e. The third-order valence-corrected chi connectivity index (χ3v) is 5.87. The van der Waals surface area contributed by atoms with E-state index in [1.807, 2.05) is 6.92 Å². The van der Waals surface area contributed by atoms with Gasteiger partial charge in [0, 0.05) is 15.9 Å². The van der Waals surface area contributed by atoms with E-state index in [1.165, 1.54) is 29.5 Å². The molecule has 1 heterocycles. The molecule has 21 heavy (non-hydrogen) atoms. The molecule has 0 unspecified atom stereocenters. The minimum Gasteiger partial charge on any atom is -0.312 e. The quantitative estimate of drug-likeness (QED) is 0.789. The predicted octanol–water partition coefficient (Wildman–Crippen LogP) is 3.56. The summed E-state index contributed by atoms with van der Waals surface area (Å²) in [6.45, 7) is 3.14. The summed E-state index contributed by atoms with van der Waals surface area (Å²) in [4.78, 5) is 0.861. The minimum atomic E-state index is -3.83. The number of halogens is 2. The summed E-state index contributed by atoms with van der Waals surface area (Å²) in [6.07, 6.45) is 0. The van der Waals surface area contributed by atoms with Gasteiger partial charge in [-0.3, -0.25) is 4.72 Å². The number of nitrogens with one attached hydrogen (secondary N) is 2. The van der Waals surface area contributed by atoms with Crippen molar-refractivity contribution >= 4 is 43.0 Å². The van der Waals surface area contributed by atoms with E-state index in [0.29, 0.717) is 15.9 Å². The summed E-state index contributed by atoms with van der Waals surface area (Å²) < 4.78 is 41.3. The molecule has 0 atom stereocenters. The molecule has 4 nitrogen and oxygen atoms in total. The van der Waals surface area contributed by atoms with E-state index in [9.17, 15) is 12.8 Å². The Labute approximate surface area is 135 Å². The minimum absolute atomic E-state index is 0.0851. The topological polar surface area (TPSA) is 58.2 Å². The number of thiophene rings is 1. The lowest BCUT2D eigenvalue weighted by atomic mass is 10.3. The van der Waals surface area contributed by atoms with Gasteiger partial charge in [0.15, 0.2) is 0 Å². The molecule has 0 bridgehead atoms. The molecule has 0 aliphatic carbocycles. The second-order valence-electron chi connectivity index (χ2n) is 4.19. The van der Waals surface area contributed by atoms with Crippen molar-refractivity contribution in [2.75, 3.05) is 11.3 Å². The smallest absolute Gasteiger partial charge is 0.263 e. The van der Waals surface area contributed by atoms with E-state index in [-0.39, 0.29) is 10.6 Å². The standard InChI is InChI=1S/C13H14BrFN2O2S2/c1-2-16-8-11-12(6-7-20-11)21(18,19)17-13-9(14)4-3-5-10(13)15/h3-7,16-17H,2,8H2,1H3. The highest BCUT2D eigenvalue weighted by molar-refractivity contribution is 9.10. The lowest BCUT2D eigenvalue weighted by Gasteiger charge is -2.11. The third kappa shape index (κ3) is 3.82. The molecule has 0 fully saturated rings. The number of hydrogen-bond donors (Lipinski definition) is 2. The average Bonchev–Trinajstić information content (AvgIpc) is 2.90. The first-order valence-electron chi connectivity index (χ1n) is 6.19. The van der Waals surface area contributed by atoms with Crippen LogP contribution in [0.15, 0.2) is 39.0 Å². The first-order chi connectivity index (χ1) is 9.95. The zero-order chi connectivity index (χ0) is 15.5. The molecule has 1 aromatic carbocycles. The highest BCUT2D eigenvalue weighted by Gasteiger charge is 2.22. The third-order valence-electron chi connectivity index (χ3n) is 2.73. The molecular formula is C13H14BrFN2O2S2. The summed E-state index contributed by atoms with van der Waals surface area (Å²) in [5, 5.41) is 4.79. The maximum absolute atomic E-state index is 13.8. The molecular weight excluding hydrogens is 379 g/mol. The highest BCUT2D eigenvalue weighted by Crippen LogP contribution is 2.29. The molecule has 1 aromatic heterocycles. The van der Waals surface area contributed by atoms with Crippen molar-refractivity contribution in [1.29, 1.82) is 0 Å². The van der Waals surface area contributed by atoms with Crippen molar-refractivity contribution in [2.24, 2.45) is 0 Å². The molecule has 2 rings (SSSR count). The second kappa shape index (κ2) is 6.87. The summed E-state index contributed by atoms with van der Waals surface area (Å²) in [6, 6.07) is 5.80. The zero-order valence-corrected chi connectivity index (χ0v) is 14.4. The van der Waals surface area contributed by atoms with Crippen LogP contribution in [-0.2, 0) is 16.6 Å². The number of rotatable bonds is 6. The molecule has 2 aromatic rings. The number of sulfonamides is 1. The van der Waals surface area contributed by atoms with Crippen molar-refractivity contribution in [3.63, 3.8) is 0 Å². The lowest BCUT2D eigenvalue weighted by molar-refractivity contribution is 0.597. The summed E-state index contributed by atoms with van der Waals surface area (Å²) >= 11 is 4.50. The summed E-state index contributed by atoms with van der Waals surface area (Å²) in [7, 11) is -3.83. The van der Waals surface area contributed by atoms with Gasteiger partial charge in [-0.1, -0.05) is 13.0 Å². The molecule has 8 heteroatoms. The van der Waals surface area contributed by atoms with Crippen LogP contribution in [0.3, 0.4) is 0 Å². The van der Waals surface area contributed by atoms with E-state index >= 15 is 0 Å². The molecule has 0 saturated heterocycles. The van der Waals surface area contributed by atoms with Gasteiger partial charge >= 0.3 is 0 Å². The Hall–Kier alpha value is -0.960. The SMILES string of the molecule is CCNCc1sccc1S(=O)(=O)Nc1c(F)cccc1Br. The Morgan fingerprint density at radius 3 is 2.76 bits per heavy atom. The first-order valence-corrected chi connectivity index (χ1v) is 9.35. The fourth-order valence-electron chi connectivity index (χ4n) is 1.72. The number of para-hydroxylation sites is 1. The van der Waals surface area contributed by atoms with Crippen LogP contribution in [0.1, 0.15) is 11.8 Å². The average molecular weight is 393 g/mol. The van der Waals surface area contributed by atoms with Gasteiger partial charge < -0.3 is 5.32 Å². The molecule has 0 aliphatic rings. The van der Waals surface area contributed by atoms with Crippen molar-refractivity contribution in [2.45, 2.75) is 18.4 Å². The monoisotopic (exact) mass is 392 g/mol. The van der Waals surface area contributed by atoms with E-state index in [0.717, 1.165) is 6.54 Å². The predicted molar refractivity (Wildman–Crippen MR) is 86.6 cm³/mol. The van der Waals surface area contributed by atoms with Crippen LogP contribution in [0.2, 0.25) is 0 Å². The van der Waals surface area contributed by atoms with Crippen LogP contribution in [0.4, 0.5) is 10.1 Å². The van der Waals surface area contributed by atoms with E-state index < -0.39 is 15.8 Å². The van der Waals surface area contributed by atoms with E-state index in [1.54, 1.807) is 11.4 Å². The molecule has 0 spiro atoms. The lowest BCUT2D eigenvalue weighted by Crippen LogP contribution is -2.18. The summed E-state index contributed by atoms with van der Waals surface area (Å²) in [5.41, 5.74) is -0.0851. The zero-order valence-electron chi connectivity index (χ0n) is 11.2. The number of benzene rings is 1. The summed E-state index contributed by atoms with van der Waals surface area (Å²) in [5.74, 6) is -0.628. The van der Waals surface area contributed by atoms with Crippen LogP contribution < -0.4 is 10.0 Å². The molecule has 0 amide bonds. The highest BCUT2D eigenvalue weighted by atomic mass is 79.9. The molecule has 0 radical (unpaired) electrons. The second-order valence-corrected chi connectivity index (χ2v) is 7.70. The fourth-order valence-corrected chi connectivity index (χ4v) is 4.80. The van der Waals surface area contributed by atoms with E-state index in [2.05, 4.69) is 26.0 Å². The normalized spacial score (nSPS) is 11.6. The van der Waals surface area contributed by atoms with Gasteiger partial charge in [0.25, 0.3) is 10.0 Å². The van der Waals surface area contributed by atoms with E-state index in [4.69, 9.17) is 0 Å². The molecule has 0 aliphatic heterocycles. The maximum atomic E-state index is 13.8. The molecule has 114 valence electrons. The van der Waals surface area contributed by atoms with Crippen LogP contribution in [-0.4, -0.2) is 15.0 Å². The molecule has 0 saturated carbocycles. The van der Waals surface area contributed by atoms with Crippen LogP contribution in [0, 0.1) is 5.82 Å². The van der Waals surface area contributed by atoms with Gasteiger partial charge in [-0.2, -0.15) is 0 Å². The van der Waals surface area contributed by atoms with Crippen molar-refractivity contribution in [3.05, 3.63) is 44.8 Å². The Bertz CT molecular complexity index is 711. The first kappa shape index (κ1) is 16.4. The van der Waals surface area contributed by atoms with Gasteiger partial charge in [-0.25, -0.2) is 12.8 Å². The Kier molecular flexibility index (Phi) is 5.37. The van der Waals surface area contributed by atoms with Gasteiger partial charge in [0.05, 0.1) is 5.69 Å². The van der Waals surface area contributed by atoms with Crippen molar-refractivity contribution in [3.8, 4) is 0 Å². The van der Waals surface area contributed by atoms with Crippen LogP contribution >= 0.6 is 27.3 Å². The van der Waals surface area contributed by atoms with Crippen molar-refractivity contribution in [1.82, 2.24) is 5.32 Å². The Morgan fingerprint density at radius 2 is 2.10 bits per heavy atom. The Balaban J connectivity index is 2.33. The molecule has 2 N–H and O–H groups in total. The fraction of sp³-hybridized carbons (Fsp3) is 0.231.